The molecule has 0 unspecified atom stereocenters. The van der Waals surface area contributed by atoms with Gasteiger partial charge in [-0.3, -0.25) is 4.40 Å². The topological polar surface area (TPSA) is 102 Å². The summed E-state index contributed by atoms with van der Waals surface area (Å²) in [5, 5.41) is 1.76. The van der Waals surface area contributed by atoms with Gasteiger partial charge in [-0.15, -0.1) is 11.3 Å². The van der Waals surface area contributed by atoms with Crippen LogP contribution in [-0.2, 0) is 14.8 Å². The van der Waals surface area contributed by atoms with Crippen molar-refractivity contribution in [3.63, 3.8) is 0 Å². The summed E-state index contributed by atoms with van der Waals surface area (Å²) >= 11 is 1.33. The molecular formula is C11H19N5O3S2. The van der Waals surface area contributed by atoms with Crippen LogP contribution in [-0.4, -0.2) is 63.1 Å². The predicted octanol–water partition coefficient (Wildman–Crippen LogP) is -0.165. The minimum absolute atomic E-state index is 0.00158. The lowest BCUT2D eigenvalue weighted by molar-refractivity contribution is 0.162. The van der Waals surface area contributed by atoms with Crippen molar-refractivity contribution in [1.82, 2.24) is 19.0 Å². The van der Waals surface area contributed by atoms with E-state index < -0.39 is 10.0 Å². The van der Waals surface area contributed by atoms with E-state index in [9.17, 15) is 8.42 Å². The standard InChI is InChI=1S/C11H19N5O3S2/c1-15(5-7-19-2)4-3-13-21(17,18)10-9(12)14-11-16(10)6-8-20-11/h6,8,13H,3-5,7,12H2,1-2H3. The Bertz CT molecular complexity index is 694. The zero-order valence-electron chi connectivity index (χ0n) is 11.9. The molecule has 10 heteroatoms. The van der Waals surface area contributed by atoms with E-state index in [0.29, 0.717) is 24.7 Å². The van der Waals surface area contributed by atoms with Crippen LogP contribution in [0.5, 0.6) is 0 Å². The number of hydrogen-bond acceptors (Lipinski definition) is 7. The maximum absolute atomic E-state index is 12.3. The lowest BCUT2D eigenvalue weighted by atomic mass is 10.5. The van der Waals surface area contributed by atoms with Gasteiger partial charge in [-0.2, -0.15) is 0 Å². The molecule has 2 aromatic rings. The van der Waals surface area contributed by atoms with Gasteiger partial charge in [0, 0.05) is 38.3 Å². The summed E-state index contributed by atoms with van der Waals surface area (Å²) in [6.45, 7) is 2.21. The van der Waals surface area contributed by atoms with Crippen LogP contribution in [0.25, 0.3) is 4.96 Å². The highest BCUT2D eigenvalue weighted by atomic mass is 32.2. The summed E-state index contributed by atoms with van der Waals surface area (Å²) in [5.41, 5.74) is 5.71. The first-order valence-corrected chi connectivity index (χ1v) is 8.70. The minimum Gasteiger partial charge on any atom is -0.383 e. The van der Waals surface area contributed by atoms with Gasteiger partial charge >= 0.3 is 0 Å². The van der Waals surface area contributed by atoms with Crippen LogP contribution < -0.4 is 10.5 Å². The van der Waals surface area contributed by atoms with Crippen molar-refractivity contribution in [2.75, 3.05) is 46.1 Å². The lowest BCUT2D eigenvalue weighted by Gasteiger charge is -2.16. The second-order valence-electron chi connectivity index (χ2n) is 4.55. The van der Waals surface area contributed by atoms with Crippen molar-refractivity contribution >= 4 is 32.1 Å². The number of imidazole rings is 1. The van der Waals surface area contributed by atoms with Crippen LogP contribution in [0, 0.1) is 0 Å². The molecule has 0 saturated heterocycles. The molecule has 8 nitrogen and oxygen atoms in total. The van der Waals surface area contributed by atoms with E-state index in [2.05, 4.69) is 9.71 Å². The highest BCUT2D eigenvalue weighted by molar-refractivity contribution is 7.89. The van der Waals surface area contributed by atoms with E-state index in [1.165, 1.54) is 15.7 Å². The molecule has 2 aromatic heterocycles. The molecule has 3 N–H and O–H groups in total. The number of ether oxygens (including phenoxy) is 1. The van der Waals surface area contributed by atoms with Crippen LogP contribution in [0.2, 0.25) is 0 Å². The molecule has 0 spiro atoms. The van der Waals surface area contributed by atoms with Gasteiger partial charge in [-0.1, -0.05) is 0 Å². The Morgan fingerprint density at radius 1 is 1.52 bits per heavy atom. The fourth-order valence-electron chi connectivity index (χ4n) is 1.85. The van der Waals surface area contributed by atoms with E-state index in [0.717, 1.165) is 6.54 Å². The molecule has 0 atom stereocenters. The van der Waals surface area contributed by atoms with Gasteiger partial charge in [0.1, 0.15) is 0 Å². The first-order chi connectivity index (χ1) is 9.95. The molecule has 0 amide bonds. The molecule has 0 aliphatic heterocycles. The van der Waals surface area contributed by atoms with E-state index in [-0.39, 0.29) is 10.8 Å². The third-order valence-electron chi connectivity index (χ3n) is 2.96. The Morgan fingerprint density at radius 3 is 3.00 bits per heavy atom. The molecule has 0 fully saturated rings. The van der Waals surface area contributed by atoms with E-state index in [4.69, 9.17) is 10.5 Å². The zero-order chi connectivity index (χ0) is 15.5. The second-order valence-corrected chi connectivity index (χ2v) is 7.11. The van der Waals surface area contributed by atoms with E-state index >= 15 is 0 Å². The molecule has 21 heavy (non-hydrogen) atoms. The Morgan fingerprint density at radius 2 is 2.29 bits per heavy atom. The van der Waals surface area contributed by atoms with Gasteiger partial charge in [0.25, 0.3) is 10.0 Å². The number of methoxy groups -OCH3 is 1. The summed E-state index contributed by atoms with van der Waals surface area (Å²) in [6.07, 6.45) is 1.64. The number of rotatable bonds is 8. The quantitative estimate of drug-likeness (QED) is 0.696. The third-order valence-corrected chi connectivity index (χ3v) is 5.22. The van der Waals surface area contributed by atoms with Gasteiger partial charge in [-0.25, -0.2) is 18.1 Å². The molecule has 0 aliphatic carbocycles. The zero-order valence-corrected chi connectivity index (χ0v) is 13.6. The SMILES string of the molecule is COCCN(C)CCNS(=O)(=O)c1c(N)nc2sccn12. The highest BCUT2D eigenvalue weighted by Crippen LogP contribution is 2.22. The lowest BCUT2D eigenvalue weighted by Crippen LogP contribution is -2.35. The summed E-state index contributed by atoms with van der Waals surface area (Å²) < 4.78 is 33.7. The number of aromatic nitrogens is 2. The largest absolute Gasteiger partial charge is 0.383 e. The van der Waals surface area contributed by atoms with Crippen molar-refractivity contribution < 1.29 is 13.2 Å². The summed E-state index contributed by atoms with van der Waals surface area (Å²) in [6, 6.07) is 0. The van der Waals surface area contributed by atoms with Gasteiger partial charge in [-0.05, 0) is 7.05 Å². The molecule has 2 rings (SSSR count). The number of nitrogen functional groups attached to an aromatic ring is 1. The number of nitrogens with one attached hydrogen (secondary N) is 1. The Labute approximate surface area is 127 Å². The fourth-order valence-corrected chi connectivity index (χ4v) is 3.85. The average Bonchev–Trinajstić information content (AvgIpc) is 2.95. The Hall–Kier alpha value is -1.20. The Balaban J connectivity index is 2.02. The number of anilines is 1. The monoisotopic (exact) mass is 333 g/mol. The number of nitrogens with two attached hydrogens (primary N) is 1. The van der Waals surface area contributed by atoms with Crippen molar-refractivity contribution in [1.29, 1.82) is 0 Å². The van der Waals surface area contributed by atoms with Crippen LogP contribution >= 0.6 is 11.3 Å². The maximum Gasteiger partial charge on any atom is 0.260 e. The number of likely N-dealkylation sites (N-methyl/N-ethyl adjacent to an activating group) is 1. The van der Waals surface area contributed by atoms with Gasteiger partial charge in [0.15, 0.2) is 15.8 Å². The van der Waals surface area contributed by atoms with Crippen molar-refractivity contribution in [2.24, 2.45) is 0 Å². The second kappa shape index (κ2) is 6.71. The molecular weight excluding hydrogens is 314 g/mol. The molecule has 0 radical (unpaired) electrons. The summed E-state index contributed by atoms with van der Waals surface area (Å²) in [5.74, 6) is 0.0158. The molecule has 0 bridgehead atoms. The number of nitrogens with zero attached hydrogens (tertiary/aromatic N) is 3. The van der Waals surface area contributed by atoms with Crippen molar-refractivity contribution in [3.05, 3.63) is 11.6 Å². The normalized spacial score (nSPS) is 12.5. The van der Waals surface area contributed by atoms with Gasteiger partial charge in [0.2, 0.25) is 0 Å². The number of sulfonamides is 1. The minimum atomic E-state index is -3.69. The van der Waals surface area contributed by atoms with E-state index in [1.807, 2.05) is 11.9 Å². The first-order valence-electron chi connectivity index (χ1n) is 6.34. The van der Waals surface area contributed by atoms with Gasteiger partial charge in [0.05, 0.1) is 6.61 Å². The number of thiazole rings is 1. The van der Waals surface area contributed by atoms with Gasteiger partial charge < -0.3 is 15.4 Å². The highest BCUT2D eigenvalue weighted by Gasteiger charge is 2.24. The Kier molecular flexibility index (Phi) is 5.17. The van der Waals surface area contributed by atoms with Crippen molar-refractivity contribution in [2.45, 2.75) is 5.03 Å². The smallest absolute Gasteiger partial charge is 0.260 e. The predicted molar refractivity (Wildman–Crippen MR) is 82.0 cm³/mol. The van der Waals surface area contributed by atoms with E-state index in [1.54, 1.807) is 18.7 Å². The molecule has 118 valence electrons. The number of fused-ring (bicyclic) bond motifs is 1. The third kappa shape index (κ3) is 3.71. The summed E-state index contributed by atoms with van der Waals surface area (Å²) in [4.78, 5) is 6.57. The summed E-state index contributed by atoms with van der Waals surface area (Å²) in [7, 11) is -0.156. The van der Waals surface area contributed by atoms with Crippen LogP contribution in [0.3, 0.4) is 0 Å². The maximum atomic E-state index is 12.3. The molecule has 0 saturated carbocycles. The molecule has 0 aliphatic rings. The molecule has 2 heterocycles. The number of hydrogen-bond donors (Lipinski definition) is 2. The van der Waals surface area contributed by atoms with Crippen molar-refractivity contribution in [3.8, 4) is 0 Å². The molecule has 0 aromatic carbocycles. The van der Waals surface area contributed by atoms with Crippen LogP contribution in [0.1, 0.15) is 0 Å². The van der Waals surface area contributed by atoms with Crippen LogP contribution in [0.15, 0.2) is 16.6 Å². The first kappa shape index (κ1) is 16.2. The average molecular weight is 333 g/mol. The fraction of sp³-hybridized carbons (Fsp3) is 0.545. The van der Waals surface area contributed by atoms with Crippen LogP contribution in [0.4, 0.5) is 5.82 Å².